The third-order valence-corrected chi connectivity index (χ3v) is 2.00. The van der Waals surface area contributed by atoms with Crippen molar-refractivity contribution in [3.05, 3.63) is 33.4 Å². The van der Waals surface area contributed by atoms with Crippen LogP contribution in [-0.4, -0.2) is 23.1 Å². The van der Waals surface area contributed by atoms with Crippen molar-refractivity contribution in [2.75, 3.05) is 7.11 Å². The molecule has 0 aliphatic carbocycles. The second-order valence-corrected chi connectivity index (χ2v) is 2.88. The SMILES string of the molecule is COc1cc(C(=O)O)cc([N+](=O)[O-])c1C. The van der Waals surface area contributed by atoms with Gasteiger partial charge in [-0.2, -0.15) is 0 Å². The van der Waals surface area contributed by atoms with Gasteiger partial charge in [0.2, 0.25) is 0 Å². The molecule has 1 aromatic rings. The number of nitro groups is 1. The standard InChI is InChI=1S/C9H9NO5/c1-5-7(10(13)14)3-6(9(11)12)4-8(5)15-2/h3-4H,1-2H3,(H,11,12). The van der Waals surface area contributed by atoms with Crippen LogP contribution in [0.4, 0.5) is 5.69 Å². The highest BCUT2D eigenvalue weighted by Crippen LogP contribution is 2.29. The van der Waals surface area contributed by atoms with E-state index in [1.807, 2.05) is 0 Å². The second-order valence-electron chi connectivity index (χ2n) is 2.88. The molecule has 0 atom stereocenters. The molecule has 0 aliphatic heterocycles. The van der Waals surface area contributed by atoms with E-state index in [0.29, 0.717) is 5.56 Å². The van der Waals surface area contributed by atoms with Gasteiger partial charge in [-0.25, -0.2) is 4.79 Å². The van der Waals surface area contributed by atoms with E-state index in [4.69, 9.17) is 9.84 Å². The van der Waals surface area contributed by atoms with Gasteiger partial charge in [-0.1, -0.05) is 0 Å². The number of nitro benzene ring substituents is 1. The van der Waals surface area contributed by atoms with E-state index in [1.165, 1.54) is 20.1 Å². The zero-order valence-corrected chi connectivity index (χ0v) is 8.18. The lowest BCUT2D eigenvalue weighted by Crippen LogP contribution is -2.02. The fourth-order valence-electron chi connectivity index (χ4n) is 1.20. The minimum Gasteiger partial charge on any atom is -0.496 e. The number of carboxylic acid groups (broad SMARTS) is 1. The fourth-order valence-corrected chi connectivity index (χ4v) is 1.20. The number of carbonyl (C=O) groups is 1. The maximum absolute atomic E-state index is 10.7. The number of aromatic carboxylic acids is 1. The van der Waals surface area contributed by atoms with E-state index in [2.05, 4.69) is 0 Å². The van der Waals surface area contributed by atoms with Gasteiger partial charge >= 0.3 is 5.97 Å². The minimum atomic E-state index is -1.23. The van der Waals surface area contributed by atoms with Gasteiger partial charge in [0.25, 0.3) is 5.69 Å². The number of carboxylic acids is 1. The lowest BCUT2D eigenvalue weighted by atomic mass is 10.1. The number of methoxy groups -OCH3 is 1. The number of hydrogen-bond acceptors (Lipinski definition) is 4. The summed E-state index contributed by atoms with van der Waals surface area (Å²) >= 11 is 0. The Morgan fingerprint density at radius 1 is 1.53 bits per heavy atom. The summed E-state index contributed by atoms with van der Waals surface area (Å²) in [4.78, 5) is 20.7. The van der Waals surface area contributed by atoms with Crippen LogP contribution in [0.2, 0.25) is 0 Å². The first-order chi connectivity index (χ1) is 6.97. The Morgan fingerprint density at radius 2 is 2.13 bits per heavy atom. The summed E-state index contributed by atoms with van der Waals surface area (Å²) < 4.78 is 4.86. The van der Waals surface area contributed by atoms with E-state index in [1.54, 1.807) is 0 Å². The van der Waals surface area contributed by atoms with Crippen molar-refractivity contribution in [3.8, 4) is 5.75 Å². The number of benzene rings is 1. The quantitative estimate of drug-likeness (QED) is 0.605. The Hall–Kier alpha value is -2.11. The van der Waals surface area contributed by atoms with E-state index >= 15 is 0 Å². The molecular formula is C9H9NO5. The van der Waals surface area contributed by atoms with Crippen LogP contribution in [0.3, 0.4) is 0 Å². The van der Waals surface area contributed by atoms with Gasteiger partial charge in [0.15, 0.2) is 0 Å². The molecule has 1 rings (SSSR count). The van der Waals surface area contributed by atoms with Gasteiger partial charge in [-0.05, 0) is 13.0 Å². The fraction of sp³-hybridized carbons (Fsp3) is 0.222. The maximum atomic E-state index is 10.7. The Labute approximate surface area is 85.2 Å². The van der Waals surface area contributed by atoms with Crippen LogP contribution in [0.1, 0.15) is 15.9 Å². The second kappa shape index (κ2) is 3.95. The molecule has 0 amide bonds. The van der Waals surface area contributed by atoms with Crippen LogP contribution < -0.4 is 4.74 Å². The first kappa shape index (κ1) is 11.0. The molecule has 6 heteroatoms. The Kier molecular flexibility index (Phi) is 2.89. The third kappa shape index (κ3) is 2.04. The van der Waals surface area contributed by atoms with Crippen molar-refractivity contribution >= 4 is 11.7 Å². The number of ether oxygens (including phenoxy) is 1. The van der Waals surface area contributed by atoms with Crippen LogP contribution in [0.25, 0.3) is 0 Å². The van der Waals surface area contributed by atoms with Crippen LogP contribution in [0, 0.1) is 17.0 Å². The monoisotopic (exact) mass is 211 g/mol. The molecule has 0 radical (unpaired) electrons. The van der Waals surface area contributed by atoms with Crippen LogP contribution in [0.5, 0.6) is 5.75 Å². The molecule has 80 valence electrons. The molecule has 0 saturated carbocycles. The van der Waals surface area contributed by atoms with Crippen molar-refractivity contribution in [3.63, 3.8) is 0 Å². The molecule has 0 spiro atoms. The summed E-state index contributed by atoms with van der Waals surface area (Å²) in [5, 5.41) is 19.3. The predicted molar refractivity (Wildman–Crippen MR) is 51.3 cm³/mol. The first-order valence-corrected chi connectivity index (χ1v) is 4.03. The number of nitrogens with zero attached hydrogens (tertiary/aromatic N) is 1. The molecule has 0 bridgehead atoms. The highest BCUT2D eigenvalue weighted by Gasteiger charge is 2.19. The Bertz CT molecular complexity index is 427. The number of hydrogen-bond donors (Lipinski definition) is 1. The summed E-state index contributed by atoms with van der Waals surface area (Å²) in [5.74, 6) is -1.03. The first-order valence-electron chi connectivity index (χ1n) is 4.03. The molecule has 0 aliphatic rings. The van der Waals surface area contributed by atoms with E-state index < -0.39 is 10.9 Å². The Balaban J connectivity index is 3.45. The predicted octanol–water partition coefficient (Wildman–Crippen LogP) is 1.61. The molecular weight excluding hydrogens is 202 g/mol. The van der Waals surface area contributed by atoms with Crippen molar-refractivity contribution in [2.24, 2.45) is 0 Å². The highest BCUT2D eigenvalue weighted by atomic mass is 16.6. The van der Waals surface area contributed by atoms with Gasteiger partial charge in [0.05, 0.1) is 23.2 Å². The van der Waals surface area contributed by atoms with Crippen LogP contribution in [-0.2, 0) is 0 Å². The lowest BCUT2D eigenvalue weighted by Gasteiger charge is -2.06. The smallest absolute Gasteiger partial charge is 0.336 e. The molecule has 1 N–H and O–H groups in total. The molecule has 0 saturated heterocycles. The van der Waals surface area contributed by atoms with Crippen molar-refractivity contribution in [1.82, 2.24) is 0 Å². The lowest BCUT2D eigenvalue weighted by molar-refractivity contribution is -0.385. The number of rotatable bonds is 3. The molecule has 6 nitrogen and oxygen atoms in total. The molecule has 1 aromatic carbocycles. The van der Waals surface area contributed by atoms with Crippen molar-refractivity contribution in [2.45, 2.75) is 6.92 Å². The van der Waals surface area contributed by atoms with E-state index in [-0.39, 0.29) is 17.0 Å². The van der Waals surface area contributed by atoms with Gasteiger partial charge in [-0.15, -0.1) is 0 Å². The third-order valence-electron chi connectivity index (χ3n) is 2.00. The highest BCUT2D eigenvalue weighted by molar-refractivity contribution is 5.89. The summed E-state index contributed by atoms with van der Waals surface area (Å²) in [6, 6.07) is 2.27. The van der Waals surface area contributed by atoms with Crippen LogP contribution in [0.15, 0.2) is 12.1 Å². The normalized spacial score (nSPS) is 9.73. The summed E-state index contributed by atoms with van der Waals surface area (Å²) in [6.45, 7) is 1.50. The maximum Gasteiger partial charge on any atom is 0.336 e. The zero-order chi connectivity index (χ0) is 11.6. The largest absolute Gasteiger partial charge is 0.496 e. The van der Waals surface area contributed by atoms with Gasteiger partial charge in [0, 0.05) is 6.07 Å². The summed E-state index contributed by atoms with van der Waals surface area (Å²) in [7, 11) is 1.33. The molecule has 0 heterocycles. The molecule has 0 fully saturated rings. The average Bonchev–Trinajstić information content (AvgIpc) is 2.17. The molecule has 15 heavy (non-hydrogen) atoms. The Morgan fingerprint density at radius 3 is 2.53 bits per heavy atom. The molecule has 0 unspecified atom stereocenters. The van der Waals surface area contributed by atoms with Gasteiger partial charge in [0.1, 0.15) is 5.75 Å². The van der Waals surface area contributed by atoms with Crippen molar-refractivity contribution < 1.29 is 19.6 Å². The minimum absolute atomic E-state index is 0.163. The van der Waals surface area contributed by atoms with Crippen LogP contribution >= 0.6 is 0 Å². The topological polar surface area (TPSA) is 89.7 Å². The van der Waals surface area contributed by atoms with E-state index in [9.17, 15) is 14.9 Å². The van der Waals surface area contributed by atoms with Gasteiger partial charge in [-0.3, -0.25) is 10.1 Å². The average molecular weight is 211 g/mol. The summed E-state index contributed by atoms with van der Waals surface area (Å²) in [5.41, 5.74) is -0.108. The van der Waals surface area contributed by atoms with Crippen molar-refractivity contribution in [1.29, 1.82) is 0 Å². The van der Waals surface area contributed by atoms with E-state index in [0.717, 1.165) is 6.07 Å². The summed E-state index contributed by atoms with van der Waals surface area (Å²) in [6.07, 6.45) is 0. The molecule has 0 aromatic heterocycles. The zero-order valence-electron chi connectivity index (χ0n) is 8.18. The van der Waals surface area contributed by atoms with Gasteiger partial charge < -0.3 is 9.84 Å².